The highest BCUT2D eigenvalue weighted by Crippen LogP contribution is 2.36. The van der Waals surface area contributed by atoms with E-state index in [0.717, 1.165) is 5.56 Å². The van der Waals surface area contributed by atoms with Gasteiger partial charge in [0.2, 0.25) is 0 Å². The maximum absolute atomic E-state index is 11.9. The Labute approximate surface area is 127 Å². The van der Waals surface area contributed by atoms with E-state index in [-0.39, 0.29) is 5.78 Å². The van der Waals surface area contributed by atoms with E-state index in [1.807, 2.05) is 12.1 Å². The molecule has 1 heterocycles. The Bertz CT molecular complexity index is 670. The van der Waals surface area contributed by atoms with Crippen molar-refractivity contribution in [1.29, 1.82) is 0 Å². The second kappa shape index (κ2) is 5.71. The van der Waals surface area contributed by atoms with E-state index >= 15 is 0 Å². The lowest BCUT2D eigenvalue weighted by Crippen LogP contribution is -2.34. The van der Waals surface area contributed by atoms with Crippen molar-refractivity contribution in [2.45, 2.75) is 19.8 Å². The zero-order chi connectivity index (χ0) is 14.9. The van der Waals surface area contributed by atoms with E-state index in [4.69, 9.17) is 23.8 Å². The number of carbonyl (C=O) groups excluding carboxylic acids is 1. The molecule has 1 unspecified atom stereocenters. The standard InChI is InChI=1S/C15H12ClN2OS/c1-8-13(9(2)19)14(12(7-17)15(20)18-8)10-3-5-11(16)6-4-10/h3-6,14H,1-2H3,(H,18,20)/q-1. The van der Waals surface area contributed by atoms with Crippen LogP contribution >= 0.6 is 23.8 Å². The number of hydrogen-bond donors (Lipinski definition) is 1. The monoisotopic (exact) mass is 303 g/mol. The molecule has 1 aromatic carbocycles. The lowest BCUT2D eigenvalue weighted by molar-refractivity contribution is -0.113. The molecular weight excluding hydrogens is 292 g/mol. The van der Waals surface area contributed by atoms with Crippen LogP contribution in [0.3, 0.4) is 0 Å². The number of rotatable bonds is 2. The zero-order valence-corrected chi connectivity index (χ0v) is 12.6. The summed E-state index contributed by atoms with van der Waals surface area (Å²) in [5.74, 6) is 1.61. The fourth-order valence-corrected chi connectivity index (χ4v) is 2.81. The maximum atomic E-state index is 11.9. The predicted octanol–water partition coefficient (Wildman–Crippen LogP) is 3.38. The van der Waals surface area contributed by atoms with E-state index < -0.39 is 5.92 Å². The van der Waals surface area contributed by atoms with Gasteiger partial charge in [-0.15, -0.1) is 0 Å². The molecule has 0 fully saturated rings. The first-order chi connectivity index (χ1) is 9.45. The number of allylic oxidation sites excluding steroid dienone is 2. The van der Waals surface area contributed by atoms with Crippen molar-refractivity contribution in [3.05, 3.63) is 57.1 Å². The molecule has 1 aliphatic heterocycles. The number of thiocarbonyl (C=S) groups is 1. The van der Waals surface area contributed by atoms with Gasteiger partial charge in [0.05, 0.1) is 0 Å². The fourth-order valence-electron chi connectivity index (χ4n) is 2.37. The molecule has 1 aliphatic rings. The van der Waals surface area contributed by atoms with Gasteiger partial charge in [-0.1, -0.05) is 36.0 Å². The van der Waals surface area contributed by atoms with Gasteiger partial charge in [0.15, 0.2) is 5.78 Å². The van der Waals surface area contributed by atoms with Crippen molar-refractivity contribution in [3.8, 4) is 0 Å². The predicted molar refractivity (Wildman–Crippen MR) is 85.2 cm³/mol. The number of carbonyl (C=O) groups is 1. The molecule has 0 aromatic heterocycles. The zero-order valence-electron chi connectivity index (χ0n) is 11.0. The van der Waals surface area contributed by atoms with Crippen LogP contribution in [0.4, 0.5) is 0 Å². The summed E-state index contributed by atoms with van der Waals surface area (Å²) in [7, 11) is 0. The summed E-state index contributed by atoms with van der Waals surface area (Å²) in [6.07, 6.45) is 0. The number of benzene rings is 1. The Morgan fingerprint density at radius 2 is 2.00 bits per heavy atom. The lowest BCUT2D eigenvalue weighted by Gasteiger charge is -2.30. The molecule has 1 aromatic rings. The van der Waals surface area contributed by atoms with E-state index in [2.05, 4.69) is 11.2 Å². The fraction of sp³-hybridized carbons (Fsp3) is 0.200. The Morgan fingerprint density at radius 3 is 2.50 bits per heavy atom. The van der Waals surface area contributed by atoms with Crippen molar-refractivity contribution in [1.82, 2.24) is 5.32 Å². The molecule has 0 saturated heterocycles. The smallest absolute Gasteiger partial charge is 0.158 e. The van der Waals surface area contributed by atoms with Crippen molar-refractivity contribution in [2.75, 3.05) is 0 Å². The minimum Gasteiger partial charge on any atom is -0.763 e. The summed E-state index contributed by atoms with van der Waals surface area (Å²) in [5.41, 5.74) is 2.48. The van der Waals surface area contributed by atoms with E-state index in [9.17, 15) is 10.2 Å². The number of halogens is 1. The van der Waals surface area contributed by atoms with Gasteiger partial charge >= 0.3 is 0 Å². The Kier molecular flexibility index (Phi) is 4.19. The van der Waals surface area contributed by atoms with Crippen LogP contribution in [0.25, 0.3) is 5.41 Å². The number of Topliss-reactive ketones (excluding diaryl/α,β-unsaturated/α-hetero) is 1. The quantitative estimate of drug-likeness (QED) is 0.518. The van der Waals surface area contributed by atoms with Crippen molar-refractivity contribution in [2.24, 2.45) is 0 Å². The third-order valence-electron chi connectivity index (χ3n) is 3.23. The van der Waals surface area contributed by atoms with Crippen LogP contribution in [-0.2, 0) is 4.79 Å². The molecule has 0 amide bonds. The van der Waals surface area contributed by atoms with Gasteiger partial charge in [-0.05, 0) is 31.5 Å². The Balaban J connectivity index is 2.67. The molecule has 5 heteroatoms. The molecule has 2 rings (SSSR count). The van der Waals surface area contributed by atoms with E-state index in [1.54, 1.807) is 19.1 Å². The van der Waals surface area contributed by atoms with Crippen LogP contribution in [0, 0.1) is 0 Å². The molecule has 0 aliphatic carbocycles. The van der Waals surface area contributed by atoms with Crippen molar-refractivity contribution in [3.63, 3.8) is 0 Å². The second-order valence-corrected chi connectivity index (χ2v) is 5.40. The third-order valence-corrected chi connectivity index (χ3v) is 3.80. The van der Waals surface area contributed by atoms with Gasteiger partial charge in [-0.3, -0.25) is 10.7 Å². The minimum absolute atomic E-state index is 0.0785. The van der Waals surface area contributed by atoms with Crippen LogP contribution in [0.1, 0.15) is 25.3 Å². The van der Waals surface area contributed by atoms with Gasteiger partial charge in [0.1, 0.15) is 4.99 Å². The lowest BCUT2D eigenvalue weighted by atomic mass is 9.80. The molecule has 0 bridgehead atoms. The first-order valence-corrected chi connectivity index (χ1v) is 6.79. The van der Waals surface area contributed by atoms with Crippen LogP contribution in [0.2, 0.25) is 5.02 Å². The first-order valence-electron chi connectivity index (χ1n) is 6.01. The SMILES string of the molecule is CC(=O)C1=C(C)NC(=S)C(=C=[N-])C1c1ccc(Cl)cc1. The number of hydrogen-bond acceptors (Lipinski definition) is 2. The number of ketones is 1. The number of nitrogens with one attached hydrogen (secondary N) is 1. The average molecular weight is 304 g/mol. The normalized spacial score (nSPS) is 18.6. The molecule has 20 heavy (non-hydrogen) atoms. The third kappa shape index (κ3) is 2.59. The van der Waals surface area contributed by atoms with Crippen molar-refractivity contribution >= 4 is 40.5 Å². The van der Waals surface area contributed by atoms with Crippen LogP contribution in [-0.4, -0.2) is 16.6 Å². The molecule has 0 radical (unpaired) electrons. The van der Waals surface area contributed by atoms with Crippen LogP contribution in [0.15, 0.2) is 41.1 Å². The highest BCUT2D eigenvalue weighted by atomic mass is 35.5. The molecule has 0 spiro atoms. The molecule has 1 N–H and O–H groups in total. The Hall–Kier alpha value is -1.74. The highest BCUT2D eigenvalue weighted by Gasteiger charge is 2.31. The first kappa shape index (κ1) is 14.7. The second-order valence-electron chi connectivity index (χ2n) is 4.56. The summed E-state index contributed by atoms with van der Waals surface area (Å²) < 4.78 is 0. The summed E-state index contributed by atoms with van der Waals surface area (Å²) in [6.45, 7) is 3.28. The van der Waals surface area contributed by atoms with Gasteiger partial charge in [-0.2, -0.15) is 0 Å². The molecule has 102 valence electrons. The van der Waals surface area contributed by atoms with Gasteiger partial charge < -0.3 is 10.7 Å². The largest absolute Gasteiger partial charge is 0.763 e. The average Bonchev–Trinajstić information content (AvgIpc) is 2.38. The van der Waals surface area contributed by atoms with Crippen LogP contribution in [0.5, 0.6) is 0 Å². The van der Waals surface area contributed by atoms with Gasteiger partial charge in [0, 0.05) is 27.8 Å². The maximum Gasteiger partial charge on any atom is 0.158 e. The van der Waals surface area contributed by atoms with Gasteiger partial charge in [0.25, 0.3) is 0 Å². The molecule has 1 atom stereocenters. The number of nitrogens with zero attached hydrogens (tertiary/aromatic N) is 1. The van der Waals surface area contributed by atoms with Gasteiger partial charge in [-0.25, -0.2) is 0 Å². The Morgan fingerprint density at radius 1 is 1.40 bits per heavy atom. The summed E-state index contributed by atoms with van der Waals surface area (Å²) in [4.78, 5) is 12.3. The molecule has 3 nitrogen and oxygen atoms in total. The summed E-state index contributed by atoms with van der Waals surface area (Å²) in [6, 6.07) is 7.11. The highest BCUT2D eigenvalue weighted by molar-refractivity contribution is 7.80. The summed E-state index contributed by atoms with van der Waals surface area (Å²) in [5, 5.41) is 12.9. The van der Waals surface area contributed by atoms with Crippen LogP contribution < -0.4 is 5.32 Å². The van der Waals surface area contributed by atoms with E-state index in [1.165, 1.54) is 6.92 Å². The molecular formula is C15H12ClN2OS-. The molecule has 0 saturated carbocycles. The summed E-state index contributed by atoms with van der Waals surface area (Å²) >= 11 is 11.1. The van der Waals surface area contributed by atoms with Crippen molar-refractivity contribution < 1.29 is 4.79 Å². The topological polar surface area (TPSA) is 51.4 Å². The van der Waals surface area contributed by atoms with E-state index in [0.29, 0.717) is 26.9 Å². The minimum atomic E-state index is -0.427.